The molecule has 1 saturated carbocycles. The minimum atomic E-state index is -0.326. The number of methoxy groups -OCH3 is 1. The van der Waals surface area contributed by atoms with E-state index in [2.05, 4.69) is 9.64 Å². The van der Waals surface area contributed by atoms with E-state index in [4.69, 9.17) is 9.47 Å². The second-order valence-corrected chi connectivity index (χ2v) is 6.16. The first-order valence-corrected chi connectivity index (χ1v) is 8.45. The van der Waals surface area contributed by atoms with E-state index in [9.17, 15) is 4.79 Å². The van der Waals surface area contributed by atoms with Gasteiger partial charge in [-0.2, -0.15) is 0 Å². The predicted molar refractivity (Wildman–Crippen MR) is 86.8 cm³/mol. The number of esters is 1. The van der Waals surface area contributed by atoms with Gasteiger partial charge in [0.2, 0.25) is 0 Å². The Morgan fingerprint density at radius 1 is 1.26 bits per heavy atom. The van der Waals surface area contributed by atoms with E-state index in [0.717, 1.165) is 25.4 Å². The number of benzene rings is 1. The molecule has 126 valence electrons. The van der Waals surface area contributed by atoms with Gasteiger partial charge in [-0.1, -0.05) is 12.8 Å². The van der Waals surface area contributed by atoms with Crippen LogP contribution in [-0.4, -0.2) is 56.4 Å². The van der Waals surface area contributed by atoms with Crippen molar-refractivity contribution in [3.8, 4) is 5.75 Å². The number of hydrogen-bond donors (Lipinski definition) is 0. The van der Waals surface area contributed by atoms with Gasteiger partial charge < -0.3 is 14.2 Å². The number of ether oxygens (including phenoxy) is 3. The molecule has 2 aliphatic rings. The Morgan fingerprint density at radius 3 is 2.83 bits per heavy atom. The summed E-state index contributed by atoms with van der Waals surface area (Å²) in [4.78, 5) is 13.9. The average Bonchev–Trinajstić information content (AvgIpc) is 2.62. The van der Waals surface area contributed by atoms with Crippen LogP contribution in [0, 0.1) is 0 Å². The van der Waals surface area contributed by atoms with Crippen molar-refractivity contribution in [2.24, 2.45) is 0 Å². The van der Waals surface area contributed by atoms with Crippen molar-refractivity contribution in [2.75, 3.05) is 33.4 Å². The molecule has 2 atom stereocenters. The zero-order valence-corrected chi connectivity index (χ0v) is 13.7. The molecular weight excluding hydrogens is 294 g/mol. The van der Waals surface area contributed by atoms with Crippen LogP contribution in [0.2, 0.25) is 0 Å². The molecule has 1 aromatic carbocycles. The molecular formula is C18H25NO4. The van der Waals surface area contributed by atoms with Crippen molar-refractivity contribution in [2.45, 2.75) is 37.8 Å². The molecule has 1 aliphatic carbocycles. The van der Waals surface area contributed by atoms with Crippen molar-refractivity contribution in [1.82, 2.24) is 4.90 Å². The highest BCUT2D eigenvalue weighted by molar-refractivity contribution is 5.89. The Morgan fingerprint density at radius 2 is 2.04 bits per heavy atom. The lowest BCUT2D eigenvalue weighted by molar-refractivity contribution is -0.0901. The molecule has 0 unspecified atom stereocenters. The molecule has 1 aromatic rings. The SMILES string of the molecule is COC(=O)c1ccc(OCCN2CCO[C@H]3CCCC[C@@H]32)cc1. The van der Waals surface area contributed by atoms with Crippen LogP contribution < -0.4 is 4.74 Å². The molecule has 0 spiro atoms. The topological polar surface area (TPSA) is 48.0 Å². The summed E-state index contributed by atoms with van der Waals surface area (Å²) in [6.45, 7) is 3.39. The summed E-state index contributed by atoms with van der Waals surface area (Å²) in [6.07, 6.45) is 5.43. The van der Waals surface area contributed by atoms with E-state index in [1.165, 1.54) is 32.8 Å². The summed E-state index contributed by atoms with van der Waals surface area (Å²) in [5, 5.41) is 0. The van der Waals surface area contributed by atoms with E-state index < -0.39 is 0 Å². The average molecular weight is 319 g/mol. The van der Waals surface area contributed by atoms with E-state index in [-0.39, 0.29) is 5.97 Å². The third kappa shape index (κ3) is 4.03. The highest BCUT2D eigenvalue weighted by Gasteiger charge is 2.33. The maximum atomic E-state index is 11.4. The lowest BCUT2D eigenvalue weighted by Crippen LogP contribution is -2.53. The van der Waals surface area contributed by atoms with Gasteiger partial charge in [0, 0.05) is 19.1 Å². The number of carbonyl (C=O) groups excluding carboxylic acids is 1. The van der Waals surface area contributed by atoms with Crippen molar-refractivity contribution in [3.63, 3.8) is 0 Å². The predicted octanol–water partition coefficient (Wildman–Crippen LogP) is 2.50. The molecule has 5 heteroatoms. The van der Waals surface area contributed by atoms with Crippen LogP contribution in [0.25, 0.3) is 0 Å². The van der Waals surface area contributed by atoms with Crippen molar-refractivity contribution >= 4 is 5.97 Å². The zero-order valence-electron chi connectivity index (χ0n) is 13.7. The molecule has 0 N–H and O–H groups in total. The molecule has 0 amide bonds. The smallest absolute Gasteiger partial charge is 0.337 e. The normalized spacial score (nSPS) is 24.7. The summed E-state index contributed by atoms with van der Waals surface area (Å²) in [5.41, 5.74) is 0.540. The first-order chi connectivity index (χ1) is 11.3. The van der Waals surface area contributed by atoms with Crippen molar-refractivity contribution in [3.05, 3.63) is 29.8 Å². The van der Waals surface area contributed by atoms with Gasteiger partial charge in [0.15, 0.2) is 0 Å². The molecule has 0 radical (unpaired) electrons. The Balaban J connectivity index is 1.48. The second kappa shape index (κ2) is 7.79. The quantitative estimate of drug-likeness (QED) is 0.781. The number of carbonyl (C=O) groups is 1. The van der Waals surface area contributed by atoms with Gasteiger partial charge >= 0.3 is 5.97 Å². The van der Waals surface area contributed by atoms with Crippen LogP contribution in [0.15, 0.2) is 24.3 Å². The highest BCUT2D eigenvalue weighted by Crippen LogP contribution is 2.28. The summed E-state index contributed by atoms with van der Waals surface area (Å²) in [5.74, 6) is 0.458. The lowest BCUT2D eigenvalue weighted by atomic mass is 9.90. The number of nitrogens with zero attached hydrogens (tertiary/aromatic N) is 1. The molecule has 2 fully saturated rings. The second-order valence-electron chi connectivity index (χ2n) is 6.16. The molecule has 5 nitrogen and oxygen atoms in total. The van der Waals surface area contributed by atoms with E-state index in [1.807, 2.05) is 12.1 Å². The lowest BCUT2D eigenvalue weighted by Gasteiger charge is -2.43. The zero-order chi connectivity index (χ0) is 16.1. The first-order valence-electron chi connectivity index (χ1n) is 8.45. The maximum Gasteiger partial charge on any atom is 0.337 e. The Kier molecular flexibility index (Phi) is 5.51. The Labute approximate surface area is 137 Å². The Bertz CT molecular complexity index is 514. The summed E-state index contributed by atoms with van der Waals surface area (Å²) in [6, 6.07) is 7.65. The molecule has 1 heterocycles. The maximum absolute atomic E-state index is 11.4. The van der Waals surface area contributed by atoms with Crippen LogP contribution >= 0.6 is 0 Å². The Hall–Kier alpha value is -1.59. The van der Waals surface area contributed by atoms with Gasteiger partial charge in [-0.05, 0) is 37.1 Å². The first kappa shape index (κ1) is 16.3. The van der Waals surface area contributed by atoms with Crippen LogP contribution in [0.4, 0.5) is 0 Å². The molecule has 3 rings (SSSR count). The third-order valence-electron chi connectivity index (χ3n) is 4.77. The molecule has 23 heavy (non-hydrogen) atoms. The minimum Gasteiger partial charge on any atom is -0.492 e. The number of hydrogen-bond acceptors (Lipinski definition) is 5. The van der Waals surface area contributed by atoms with Gasteiger partial charge in [-0.3, -0.25) is 4.90 Å². The minimum absolute atomic E-state index is 0.326. The van der Waals surface area contributed by atoms with Crippen LogP contribution in [-0.2, 0) is 9.47 Å². The highest BCUT2D eigenvalue weighted by atomic mass is 16.5. The van der Waals surface area contributed by atoms with Crippen LogP contribution in [0.1, 0.15) is 36.0 Å². The summed E-state index contributed by atoms with van der Waals surface area (Å²) < 4.78 is 16.4. The van der Waals surface area contributed by atoms with E-state index in [1.54, 1.807) is 12.1 Å². The summed E-state index contributed by atoms with van der Waals surface area (Å²) >= 11 is 0. The fraction of sp³-hybridized carbons (Fsp3) is 0.611. The fourth-order valence-electron chi connectivity index (χ4n) is 3.54. The van der Waals surface area contributed by atoms with Gasteiger partial charge in [-0.25, -0.2) is 4.79 Å². The number of fused-ring (bicyclic) bond motifs is 1. The molecule has 1 saturated heterocycles. The molecule has 1 aliphatic heterocycles. The molecule has 0 aromatic heterocycles. The van der Waals surface area contributed by atoms with Gasteiger partial charge in [0.05, 0.1) is 25.4 Å². The standard InChI is InChI=1S/C18H25NO4/c1-21-18(20)14-6-8-15(9-7-14)22-12-10-19-11-13-23-17-5-3-2-4-16(17)19/h6-9,16-17H,2-5,10-13H2,1H3/t16-,17-/m0/s1. The monoisotopic (exact) mass is 319 g/mol. The van der Waals surface area contributed by atoms with Gasteiger partial charge in [0.1, 0.15) is 12.4 Å². The van der Waals surface area contributed by atoms with E-state index >= 15 is 0 Å². The summed E-state index contributed by atoms with van der Waals surface area (Å²) in [7, 11) is 1.38. The number of rotatable bonds is 5. The van der Waals surface area contributed by atoms with Crippen LogP contribution in [0.5, 0.6) is 5.75 Å². The third-order valence-corrected chi connectivity index (χ3v) is 4.77. The van der Waals surface area contributed by atoms with Crippen molar-refractivity contribution < 1.29 is 19.0 Å². The largest absolute Gasteiger partial charge is 0.492 e. The van der Waals surface area contributed by atoms with Crippen molar-refractivity contribution in [1.29, 1.82) is 0 Å². The van der Waals surface area contributed by atoms with Gasteiger partial charge in [0.25, 0.3) is 0 Å². The number of morpholine rings is 1. The van der Waals surface area contributed by atoms with E-state index in [0.29, 0.717) is 24.3 Å². The van der Waals surface area contributed by atoms with Crippen LogP contribution in [0.3, 0.4) is 0 Å². The molecule has 0 bridgehead atoms. The van der Waals surface area contributed by atoms with Gasteiger partial charge in [-0.15, -0.1) is 0 Å². The fourth-order valence-corrected chi connectivity index (χ4v) is 3.54.